The highest BCUT2D eigenvalue weighted by Crippen LogP contribution is 2.35. The van der Waals surface area contributed by atoms with Crippen LogP contribution in [-0.2, 0) is 16.1 Å². The van der Waals surface area contributed by atoms with Crippen LogP contribution >= 0.6 is 39.3 Å². The predicted octanol–water partition coefficient (Wildman–Crippen LogP) is 6.76. The number of hydrogen-bond acceptors (Lipinski definition) is 6. The van der Waals surface area contributed by atoms with Crippen LogP contribution in [0.5, 0.6) is 11.5 Å². The summed E-state index contributed by atoms with van der Waals surface area (Å²) in [6.45, 7) is 2.16. The van der Waals surface area contributed by atoms with Crippen LogP contribution in [0.1, 0.15) is 18.1 Å². The number of rotatable bonds is 9. The molecule has 4 rings (SSSR count). The normalized spacial score (nSPS) is 14.2. The highest BCUT2D eigenvalue weighted by Gasteiger charge is 2.35. The highest BCUT2D eigenvalue weighted by atomic mass is 79.9. The lowest BCUT2D eigenvalue weighted by molar-refractivity contribution is -0.123. The molecule has 0 aromatic heterocycles. The van der Waals surface area contributed by atoms with Crippen LogP contribution in [0, 0.1) is 0 Å². The molecule has 0 bridgehead atoms. The summed E-state index contributed by atoms with van der Waals surface area (Å²) in [5.74, 6) is 0.0852. The van der Waals surface area contributed by atoms with Gasteiger partial charge in [0.25, 0.3) is 17.1 Å². The van der Waals surface area contributed by atoms with Gasteiger partial charge in [-0.2, -0.15) is 0 Å². The summed E-state index contributed by atoms with van der Waals surface area (Å²) in [4.78, 5) is 39.3. The van der Waals surface area contributed by atoms with E-state index in [4.69, 9.17) is 21.1 Å². The Labute approximate surface area is 231 Å². The maximum absolute atomic E-state index is 12.9. The van der Waals surface area contributed by atoms with Gasteiger partial charge in [0.1, 0.15) is 0 Å². The van der Waals surface area contributed by atoms with Gasteiger partial charge < -0.3 is 14.8 Å². The van der Waals surface area contributed by atoms with Gasteiger partial charge in [0.05, 0.1) is 18.1 Å². The van der Waals surface area contributed by atoms with E-state index < -0.39 is 0 Å². The highest BCUT2D eigenvalue weighted by molar-refractivity contribution is 9.10. The van der Waals surface area contributed by atoms with Crippen LogP contribution in [0.2, 0.25) is 5.02 Å². The number of nitrogens with one attached hydrogen (secondary N) is 1. The lowest BCUT2D eigenvalue weighted by Gasteiger charge is -2.13. The number of carbonyl (C=O) groups excluding carboxylic acids is 3. The molecule has 1 aliphatic heterocycles. The van der Waals surface area contributed by atoms with Crippen molar-refractivity contribution in [3.63, 3.8) is 0 Å². The lowest BCUT2D eigenvalue weighted by atomic mass is 10.1. The molecule has 3 amide bonds. The smallest absolute Gasteiger partial charge is 0.293 e. The van der Waals surface area contributed by atoms with Gasteiger partial charge in [-0.15, -0.1) is 0 Å². The van der Waals surface area contributed by atoms with E-state index in [-0.39, 0.29) is 30.2 Å². The monoisotopic (exact) mass is 600 g/mol. The Kier molecular flexibility index (Phi) is 8.91. The quantitative estimate of drug-likeness (QED) is 0.273. The lowest BCUT2D eigenvalue weighted by Crippen LogP contribution is -2.27. The molecule has 0 aliphatic carbocycles. The summed E-state index contributed by atoms with van der Waals surface area (Å²) in [6.07, 6.45) is 1.64. The Bertz CT molecular complexity index is 1380. The Hall–Kier alpha value is -3.27. The number of thioether (sulfide) groups is 1. The molecular weight excluding hydrogens is 580 g/mol. The number of imide groups is 1. The molecule has 3 aromatic carbocycles. The number of anilines is 1. The van der Waals surface area contributed by atoms with Crippen molar-refractivity contribution in [2.45, 2.75) is 13.5 Å². The van der Waals surface area contributed by atoms with Crippen molar-refractivity contribution in [2.75, 3.05) is 18.5 Å². The van der Waals surface area contributed by atoms with E-state index in [1.54, 1.807) is 48.5 Å². The summed E-state index contributed by atoms with van der Waals surface area (Å²) < 4.78 is 12.2. The van der Waals surface area contributed by atoms with Crippen LogP contribution in [0.3, 0.4) is 0 Å². The standard InChI is InChI=1S/C27H22BrClN2O5S/c1-2-35-23-12-17(9-10-22(23)36-16-25(32)30-21-8-4-7-20(29)14-21)13-24-26(33)31(27(34)37-24)15-18-5-3-6-19(28)11-18/h3-14H,2,15-16H2,1H3,(H,30,32)/b24-13+. The van der Waals surface area contributed by atoms with Gasteiger partial charge in [-0.25, -0.2) is 0 Å². The summed E-state index contributed by atoms with van der Waals surface area (Å²) >= 11 is 10.2. The Balaban J connectivity index is 1.44. The maximum Gasteiger partial charge on any atom is 0.293 e. The van der Waals surface area contributed by atoms with Gasteiger partial charge in [-0.1, -0.05) is 51.8 Å². The maximum atomic E-state index is 12.9. The average Bonchev–Trinajstić information content (AvgIpc) is 3.11. The van der Waals surface area contributed by atoms with Crippen molar-refractivity contribution in [2.24, 2.45) is 0 Å². The van der Waals surface area contributed by atoms with Gasteiger partial charge in [-0.3, -0.25) is 19.3 Å². The first-order valence-corrected chi connectivity index (χ1v) is 13.3. The molecule has 7 nitrogen and oxygen atoms in total. The minimum absolute atomic E-state index is 0.190. The summed E-state index contributed by atoms with van der Waals surface area (Å²) in [7, 11) is 0. The third-order valence-corrected chi connectivity index (χ3v) is 6.77. The number of nitrogens with zero attached hydrogens (tertiary/aromatic N) is 1. The number of halogens is 2. The Morgan fingerprint density at radius 1 is 1.05 bits per heavy atom. The van der Waals surface area contributed by atoms with E-state index in [9.17, 15) is 14.4 Å². The van der Waals surface area contributed by atoms with Crippen LogP contribution in [0.4, 0.5) is 10.5 Å². The fourth-order valence-electron chi connectivity index (χ4n) is 3.51. The third-order valence-electron chi connectivity index (χ3n) is 5.14. The minimum Gasteiger partial charge on any atom is -0.490 e. The largest absolute Gasteiger partial charge is 0.490 e. The molecule has 0 saturated carbocycles. The third kappa shape index (κ3) is 7.15. The van der Waals surface area contributed by atoms with Crippen molar-refractivity contribution in [3.05, 3.63) is 92.3 Å². The van der Waals surface area contributed by atoms with Gasteiger partial charge in [0.2, 0.25) is 0 Å². The second-order valence-corrected chi connectivity index (χ2v) is 10.2. The van der Waals surface area contributed by atoms with E-state index in [0.717, 1.165) is 21.8 Å². The van der Waals surface area contributed by atoms with Crippen molar-refractivity contribution < 1.29 is 23.9 Å². The molecule has 1 heterocycles. The molecule has 1 saturated heterocycles. The Morgan fingerprint density at radius 3 is 2.62 bits per heavy atom. The van der Waals surface area contributed by atoms with Gasteiger partial charge in [-0.05, 0) is 78.4 Å². The number of amides is 3. The summed E-state index contributed by atoms with van der Waals surface area (Å²) in [6, 6.07) is 19.4. The molecule has 3 aromatic rings. The van der Waals surface area contributed by atoms with E-state index in [1.165, 1.54) is 4.90 Å². The average molecular weight is 602 g/mol. The summed E-state index contributed by atoms with van der Waals surface area (Å²) in [5.41, 5.74) is 2.07. The Morgan fingerprint density at radius 2 is 1.86 bits per heavy atom. The fraction of sp³-hybridized carbons (Fsp3) is 0.148. The second-order valence-electron chi connectivity index (χ2n) is 7.88. The van der Waals surface area contributed by atoms with Crippen LogP contribution in [-0.4, -0.2) is 35.2 Å². The summed E-state index contributed by atoms with van der Waals surface area (Å²) in [5, 5.41) is 2.91. The zero-order chi connectivity index (χ0) is 26.4. The van der Waals surface area contributed by atoms with Crippen molar-refractivity contribution in [3.8, 4) is 11.5 Å². The first-order valence-electron chi connectivity index (χ1n) is 11.3. The number of ether oxygens (including phenoxy) is 2. The zero-order valence-electron chi connectivity index (χ0n) is 19.7. The van der Waals surface area contributed by atoms with Gasteiger partial charge in [0.15, 0.2) is 18.1 Å². The molecular formula is C27H22BrClN2O5S. The first-order chi connectivity index (χ1) is 17.8. The topological polar surface area (TPSA) is 84.9 Å². The van der Waals surface area contributed by atoms with Crippen molar-refractivity contribution >= 4 is 68.1 Å². The minimum atomic E-state index is -0.356. The molecule has 37 heavy (non-hydrogen) atoms. The number of carbonyl (C=O) groups is 3. The van der Waals surface area contributed by atoms with Crippen LogP contribution in [0.25, 0.3) is 6.08 Å². The molecule has 1 aliphatic rings. The SMILES string of the molecule is CCOc1cc(/C=C2/SC(=O)N(Cc3cccc(Br)c3)C2=O)ccc1OCC(=O)Nc1cccc(Cl)c1. The number of hydrogen-bond donors (Lipinski definition) is 1. The molecule has 0 atom stereocenters. The fourth-order valence-corrected chi connectivity index (χ4v) is 4.99. The van der Waals surface area contributed by atoms with Crippen molar-refractivity contribution in [1.29, 1.82) is 0 Å². The first kappa shape index (κ1) is 26.8. The zero-order valence-corrected chi connectivity index (χ0v) is 22.9. The molecule has 10 heteroatoms. The second kappa shape index (κ2) is 12.3. The van der Waals surface area contributed by atoms with E-state index in [0.29, 0.717) is 39.3 Å². The van der Waals surface area contributed by atoms with E-state index >= 15 is 0 Å². The number of benzene rings is 3. The van der Waals surface area contributed by atoms with E-state index in [2.05, 4.69) is 21.2 Å². The molecule has 0 radical (unpaired) electrons. The molecule has 1 N–H and O–H groups in total. The van der Waals surface area contributed by atoms with Gasteiger partial charge >= 0.3 is 0 Å². The molecule has 0 unspecified atom stereocenters. The van der Waals surface area contributed by atoms with Crippen LogP contribution in [0.15, 0.2) is 76.1 Å². The molecule has 0 spiro atoms. The van der Waals surface area contributed by atoms with Crippen LogP contribution < -0.4 is 14.8 Å². The van der Waals surface area contributed by atoms with Gasteiger partial charge in [0, 0.05) is 15.2 Å². The molecule has 1 fully saturated rings. The van der Waals surface area contributed by atoms with Crippen molar-refractivity contribution in [1.82, 2.24) is 4.90 Å². The van der Waals surface area contributed by atoms with E-state index in [1.807, 2.05) is 31.2 Å². The molecule has 190 valence electrons. The predicted molar refractivity (Wildman–Crippen MR) is 149 cm³/mol.